The Hall–Kier alpha value is -0.260. The molecule has 1 aliphatic rings. The maximum absolute atomic E-state index is 10.7. The van der Waals surface area contributed by atoms with Gasteiger partial charge in [0.05, 0.1) is 6.04 Å². The van der Waals surface area contributed by atoms with Crippen LogP contribution >= 0.6 is 12.6 Å². The average Bonchev–Trinajstić information content (AvgIpc) is 2.54. The molecule has 0 spiro atoms. The molecule has 0 aromatic rings. The summed E-state index contributed by atoms with van der Waals surface area (Å²) in [5, 5.41) is 3.19. The van der Waals surface area contributed by atoms with Gasteiger partial charge >= 0.3 is 0 Å². The molecule has 0 aliphatic carbocycles. The molecule has 1 fully saturated rings. The van der Waals surface area contributed by atoms with E-state index in [9.17, 15) is 4.79 Å². The minimum Gasteiger partial charge on any atom is -0.368 e. The van der Waals surface area contributed by atoms with Gasteiger partial charge in [0.2, 0.25) is 5.91 Å². The third-order valence-corrected chi connectivity index (χ3v) is 2.30. The van der Waals surface area contributed by atoms with E-state index in [0.717, 1.165) is 19.5 Å². The van der Waals surface area contributed by atoms with Gasteiger partial charge in [-0.25, -0.2) is 0 Å². The Labute approximate surface area is 91.6 Å². The van der Waals surface area contributed by atoms with E-state index in [1.807, 2.05) is 0 Å². The second-order valence-corrected chi connectivity index (χ2v) is 3.54. The van der Waals surface area contributed by atoms with Crippen molar-refractivity contribution in [2.45, 2.75) is 25.4 Å². The number of thiol groups is 1. The molecule has 0 aromatic heterocycles. The number of rotatable bonds is 3. The predicted octanol–water partition coefficient (Wildman–Crippen LogP) is -0.300. The number of likely N-dealkylation sites (tertiary alicyclic amines) is 1. The summed E-state index contributed by atoms with van der Waals surface area (Å²) in [6.07, 6.45) is 2.80. The second kappa shape index (κ2) is 7.09. The molecule has 0 saturated carbocycles. The summed E-state index contributed by atoms with van der Waals surface area (Å²) in [5.74, 6) is -0.274. The lowest BCUT2D eigenvalue weighted by Crippen LogP contribution is -2.45. The molecule has 14 heavy (non-hydrogen) atoms. The number of carbonyl (C=O) groups is 1. The Morgan fingerprint density at radius 3 is 2.57 bits per heavy atom. The van der Waals surface area contributed by atoms with Gasteiger partial charge in [0.25, 0.3) is 0 Å². The highest BCUT2D eigenvalue weighted by molar-refractivity contribution is 7.79. The van der Waals surface area contributed by atoms with Crippen LogP contribution in [0.3, 0.4) is 0 Å². The van der Waals surface area contributed by atoms with Crippen molar-refractivity contribution in [3.8, 4) is 0 Å². The summed E-state index contributed by atoms with van der Waals surface area (Å²) >= 11 is 3.53. The Kier molecular flexibility index (Phi) is 6.96. The summed E-state index contributed by atoms with van der Waals surface area (Å²) in [6, 6.07) is 0.221. The Morgan fingerprint density at radius 1 is 1.64 bits per heavy atom. The quantitative estimate of drug-likeness (QED) is 0.571. The average molecular weight is 219 g/mol. The first-order chi connectivity index (χ1) is 6.59. The van der Waals surface area contributed by atoms with E-state index in [1.165, 1.54) is 0 Å². The molecular formula is C9H21N3OS. The second-order valence-electron chi connectivity index (χ2n) is 3.54. The van der Waals surface area contributed by atoms with Crippen molar-refractivity contribution in [1.82, 2.24) is 10.2 Å². The molecule has 2 atom stereocenters. The molecule has 5 heteroatoms. The van der Waals surface area contributed by atoms with Gasteiger partial charge in [-0.1, -0.05) is 0 Å². The summed E-state index contributed by atoms with van der Waals surface area (Å²) in [7, 11) is 2.08. The molecule has 4 nitrogen and oxygen atoms in total. The molecule has 1 heterocycles. The number of carbonyl (C=O) groups excluding carboxylic acids is 1. The lowest BCUT2D eigenvalue weighted by atomic mass is 10.2. The van der Waals surface area contributed by atoms with E-state index in [2.05, 4.69) is 29.9 Å². The van der Waals surface area contributed by atoms with Crippen LogP contribution in [0.1, 0.15) is 13.3 Å². The van der Waals surface area contributed by atoms with Crippen LogP contribution in [-0.2, 0) is 4.79 Å². The summed E-state index contributed by atoms with van der Waals surface area (Å²) in [4.78, 5) is 13.0. The van der Waals surface area contributed by atoms with Gasteiger partial charge in [-0.15, -0.1) is 0 Å². The molecule has 1 saturated heterocycles. The van der Waals surface area contributed by atoms with Gasteiger partial charge in [-0.05, 0) is 33.2 Å². The van der Waals surface area contributed by atoms with Crippen LogP contribution in [0.4, 0.5) is 0 Å². The van der Waals surface area contributed by atoms with Crippen LogP contribution < -0.4 is 11.1 Å². The predicted molar refractivity (Wildman–Crippen MR) is 62.6 cm³/mol. The summed E-state index contributed by atoms with van der Waals surface area (Å²) in [6.45, 7) is 3.92. The summed E-state index contributed by atoms with van der Waals surface area (Å²) in [5.41, 5.74) is 5.13. The Bertz CT molecular complexity index is 177. The zero-order valence-electron chi connectivity index (χ0n) is 9.16. The van der Waals surface area contributed by atoms with Gasteiger partial charge in [-0.3, -0.25) is 4.79 Å². The first kappa shape index (κ1) is 13.7. The molecule has 84 valence electrons. The molecule has 0 radical (unpaired) electrons. The first-order valence-electron chi connectivity index (χ1n) is 4.78. The van der Waals surface area contributed by atoms with Crippen LogP contribution in [0.5, 0.6) is 0 Å². The number of nitrogens with one attached hydrogen (secondary N) is 1. The molecule has 1 aliphatic heterocycles. The topological polar surface area (TPSA) is 58.4 Å². The van der Waals surface area contributed by atoms with E-state index in [-0.39, 0.29) is 11.9 Å². The highest BCUT2D eigenvalue weighted by Crippen LogP contribution is 2.06. The van der Waals surface area contributed by atoms with E-state index < -0.39 is 0 Å². The Balaban J connectivity index is 0.000000791. The third-order valence-electron chi connectivity index (χ3n) is 2.30. The molecule has 3 N–H and O–H groups in total. The SMILES string of the molecule is CC(NC1CCN(C)C1)C(N)=O.CS. The molecule has 0 bridgehead atoms. The van der Waals surface area contributed by atoms with Crippen molar-refractivity contribution in [2.24, 2.45) is 5.73 Å². The molecular weight excluding hydrogens is 198 g/mol. The van der Waals surface area contributed by atoms with Crippen molar-refractivity contribution in [1.29, 1.82) is 0 Å². The molecule has 1 amide bonds. The highest BCUT2D eigenvalue weighted by atomic mass is 32.1. The van der Waals surface area contributed by atoms with E-state index in [4.69, 9.17) is 5.73 Å². The van der Waals surface area contributed by atoms with Crippen molar-refractivity contribution >= 4 is 18.5 Å². The maximum Gasteiger partial charge on any atom is 0.234 e. The fraction of sp³-hybridized carbons (Fsp3) is 0.889. The standard InChI is InChI=1S/C8H17N3O.CH4S/c1-6(8(9)12)10-7-3-4-11(2)5-7;1-2/h6-7,10H,3-5H2,1-2H3,(H2,9,12);2H,1H3. The van der Waals surface area contributed by atoms with Crippen LogP contribution in [0.25, 0.3) is 0 Å². The molecule has 0 aromatic carbocycles. The van der Waals surface area contributed by atoms with Crippen molar-refractivity contribution < 1.29 is 4.79 Å². The van der Waals surface area contributed by atoms with E-state index in [0.29, 0.717) is 6.04 Å². The van der Waals surface area contributed by atoms with Gasteiger partial charge in [0.15, 0.2) is 0 Å². The lowest BCUT2D eigenvalue weighted by Gasteiger charge is -2.16. The maximum atomic E-state index is 10.7. The fourth-order valence-electron chi connectivity index (χ4n) is 1.51. The number of amides is 1. The number of hydrogen-bond donors (Lipinski definition) is 3. The smallest absolute Gasteiger partial charge is 0.234 e. The minimum atomic E-state index is -0.274. The van der Waals surface area contributed by atoms with E-state index in [1.54, 1.807) is 13.2 Å². The number of nitrogens with two attached hydrogens (primary N) is 1. The monoisotopic (exact) mass is 219 g/mol. The summed E-state index contributed by atoms with van der Waals surface area (Å²) < 4.78 is 0. The number of primary amides is 1. The largest absolute Gasteiger partial charge is 0.368 e. The molecule has 1 rings (SSSR count). The van der Waals surface area contributed by atoms with Crippen LogP contribution in [0.2, 0.25) is 0 Å². The van der Waals surface area contributed by atoms with Gasteiger partial charge in [0, 0.05) is 12.6 Å². The molecule has 2 unspecified atom stereocenters. The first-order valence-corrected chi connectivity index (χ1v) is 5.67. The number of nitrogens with zero attached hydrogens (tertiary/aromatic N) is 1. The Morgan fingerprint density at radius 2 is 2.21 bits per heavy atom. The normalized spacial score (nSPS) is 23.9. The van der Waals surface area contributed by atoms with Crippen molar-refractivity contribution in [3.05, 3.63) is 0 Å². The minimum absolute atomic E-state index is 0.207. The van der Waals surface area contributed by atoms with Crippen LogP contribution in [-0.4, -0.2) is 49.3 Å². The van der Waals surface area contributed by atoms with Gasteiger partial charge in [0.1, 0.15) is 0 Å². The highest BCUT2D eigenvalue weighted by Gasteiger charge is 2.21. The third kappa shape index (κ3) is 4.83. The van der Waals surface area contributed by atoms with E-state index >= 15 is 0 Å². The zero-order chi connectivity index (χ0) is 11.1. The fourth-order valence-corrected chi connectivity index (χ4v) is 1.51. The van der Waals surface area contributed by atoms with Gasteiger partial charge < -0.3 is 16.0 Å². The zero-order valence-corrected chi connectivity index (χ0v) is 10.1. The van der Waals surface area contributed by atoms with Crippen molar-refractivity contribution in [3.63, 3.8) is 0 Å². The van der Waals surface area contributed by atoms with Crippen molar-refractivity contribution in [2.75, 3.05) is 26.4 Å². The van der Waals surface area contributed by atoms with Gasteiger partial charge in [-0.2, -0.15) is 12.6 Å². The number of likely N-dealkylation sites (N-methyl/N-ethyl adjacent to an activating group) is 1. The lowest BCUT2D eigenvalue weighted by molar-refractivity contribution is -0.119. The number of hydrogen-bond acceptors (Lipinski definition) is 4. The van der Waals surface area contributed by atoms with Crippen LogP contribution in [0.15, 0.2) is 0 Å². The van der Waals surface area contributed by atoms with Crippen LogP contribution in [0, 0.1) is 0 Å².